The zero-order chi connectivity index (χ0) is 11.5. The molecular formula is C11H13N3O2. The molecule has 0 aliphatic rings. The van der Waals surface area contributed by atoms with Gasteiger partial charge in [-0.25, -0.2) is 9.78 Å². The first-order chi connectivity index (χ1) is 7.74. The van der Waals surface area contributed by atoms with Crippen LogP contribution in [0.1, 0.15) is 35.7 Å². The highest BCUT2D eigenvalue weighted by Gasteiger charge is 2.14. The molecule has 5 heteroatoms. The number of hydrogen-bond acceptors (Lipinski definition) is 3. The highest BCUT2D eigenvalue weighted by atomic mass is 16.4. The van der Waals surface area contributed by atoms with Gasteiger partial charge in [-0.3, -0.25) is 5.10 Å². The molecule has 2 aromatic heterocycles. The lowest BCUT2D eigenvalue weighted by molar-refractivity contribution is 0.0695. The molecular weight excluding hydrogens is 206 g/mol. The Bertz CT molecular complexity index is 519. The van der Waals surface area contributed by atoms with Gasteiger partial charge in [-0.15, -0.1) is 0 Å². The third-order valence-electron chi connectivity index (χ3n) is 2.60. The van der Waals surface area contributed by atoms with Crippen LogP contribution in [0.2, 0.25) is 0 Å². The molecule has 2 heterocycles. The van der Waals surface area contributed by atoms with Crippen LogP contribution in [0, 0.1) is 0 Å². The Hall–Kier alpha value is -1.91. The summed E-state index contributed by atoms with van der Waals surface area (Å²) in [6.45, 7) is 2.08. The van der Waals surface area contributed by atoms with E-state index in [0.29, 0.717) is 5.65 Å². The van der Waals surface area contributed by atoms with Crippen LogP contribution in [-0.4, -0.2) is 26.3 Å². The summed E-state index contributed by atoms with van der Waals surface area (Å²) in [6.07, 6.45) is 5.77. The summed E-state index contributed by atoms with van der Waals surface area (Å²) in [5, 5.41) is 16.5. The van der Waals surface area contributed by atoms with Crippen LogP contribution in [0.5, 0.6) is 0 Å². The number of nitrogens with one attached hydrogen (secondary N) is 1. The molecule has 2 rings (SSSR count). The number of aryl methyl sites for hydroxylation is 1. The van der Waals surface area contributed by atoms with Gasteiger partial charge in [0.25, 0.3) is 0 Å². The Morgan fingerprint density at radius 3 is 3.00 bits per heavy atom. The molecule has 0 radical (unpaired) electrons. The molecule has 2 aromatic rings. The van der Waals surface area contributed by atoms with E-state index in [-0.39, 0.29) is 5.56 Å². The lowest BCUT2D eigenvalue weighted by Crippen LogP contribution is -2.04. The summed E-state index contributed by atoms with van der Waals surface area (Å²) >= 11 is 0. The summed E-state index contributed by atoms with van der Waals surface area (Å²) in [6, 6.07) is 0. The second kappa shape index (κ2) is 4.30. The van der Waals surface area contributed by atoms with Gasteiger partial charge >= 0.3 is 5.97 Å². The third-order valence-corrected chi connectivity index (χ3v) is 2.60. The Kier molecular flexibility index (Phi) is 2.85. The number of nitrogens with zero attached hydrogens (tertiary/aromatic N) is 2. The van der Waals surface area contributed by atoms with E-state index in [2.05, 4.69) is 22.1 Å². The third kappa shape index (κ3) is 1.76. The van der Waals surface area contributed by atoms with E-state index in [4.69, 9.17) is 5.11 Å². The average molecular weight is 219 g/mol. The van der Waals surface area contributed by atoms with E-state index in [1.165, 1.54) is 6.20 Å². The van der Waals surface area contributed by atoms with Crippen LogP contribution in [0.15, 0.2) is 12.4 Å². The Labute approximate surface area is 92.5 Å². The number of unbranched alkanes of at least 4 members (excludes halogenated alkanes) is 1. The lowest BCUT2D eigenvalue weighted by atomic mass is 10.0. The van der Waals surface area contributed by atoms with Crippen molar-refractivity contribution in [3.8, 4) is 0 Å². The van der Waals surface area contributed by atoms with Crippen LogP contribution in [0.3, 0.4) is 0 Å². The quantitative estimate of drug-likeness (QED) is 0.824. The highest BCUT2D eigenvalue weighted by molar-refractivity contribution is 5.94. The predicted molar refractivity (Wildman–Crippen MR) is 59.5 cm³/mol. The molecule has 0 fully saturated rings. The fraction of sp³-hybridized carbons (Fsp3) is 0.364. The monoisotopic (exact) mass is 219 g/mol. The summed E-state index contributed by atoms with van der Waals surface area (Å²) in [7, 11) is 0. The number of aromatic amines is 1. The Morgan fingerprint density at radius 1 is 1.50 bits per heavy atom. The van der Waals surface area contributed by atoms with Gasteiger partial charge in [0.05, 0.1) is 11.8 Å². The molecule has 84 valence electrons. The molecule has 0 amide bonds. The first-order valence-corrected chi connectivity index (χ1v) is 5.28. The van der Waals surface area contributed by atoms with E-state index in [1.54, 1.807) is 6.20 Å². The average Bonchev–Trinajstić information content (AvgIpc) is 2.73. The summed E-state index contributed by atoms with van der Waals surface area (Å²) < 4.78 is 0. The van der Waals surface area contributed by atoms with Gasteiger partial charge in [-0.05, 0) is 18.4 Å². The lowest BCUT2D eigenvalue weighted by Gasteiger charge is -2.05. The molecule has 0 aliphatic heterocycles. The Balaban J connectivity index is 2.56. The molecule has 0 aliphatic carbocycles. The van der Waals surface area contributed by atoms with Crippen molar-refractivity contribution in [1.82, 2.24) is 15.2 Å². The predicted octanol–water partition coefficient (Wildman–Crippen LogP) is 2.00. The maximum atomic E-state index is 11.1. The fourth-order valence-corrected chi connectivity index (χ4v) is 1.76. The molecule has 0 saturated carbocycles. The van der Waals surface area contributed by atoms with Gasteiger partial charge in [0, 0.05) is 11.6 Å². The summed E-state index contributed by atoms with van der Waals surface area (Å²) in [5.41, 5.74) is 1.76. The van der Waals surface area contributed by atoms with Crippen molar-refractivity contribution in [2.24, 2.45) is 0 Å². The number of rotatable bonds is 4. The van der Waals surface area contributed by atoms with Gasteiger partial charge in [-0.1, -0.05) is 13.3 Å². The highest BCUT2D eigenvalue weighted by Crippen LogP contribution is 2.20. The zero-order valence-electron chi connectivity index (χ0n) is 9.03. The normalized spacial score (nSPS) is 10.8. The maximum Gasteiger partial charge on any atom is 0.337 e. The molecule has 0 atom stereocenters. The topological polar surface area (TPSA) is 78.9 Å². The number of fused-ring (bicyclic) bond motifs is 1. The van der Waals surface area contributed by atoms with Gasteiger partial charge in [0.15, 0.2) is 5.65 Å². The molecule has 0 bridgehead atoms. The molecule has 16 heavy (non-hydrogen) atoms. The van der Waals surface area contributed by atoms with E-state index in [0.717, 1.165) is 30.2 Å². The van der Waals surface area contributed by atoms with Crippen molar-refractivity contribution >= 4 is 17.0 Å². The van der Waals surface area contributed by atoms with Crippen molar-refractivity contribution in [3.63, 3.8) is 0 Å². The first-order valence-electron chi connectivity index (χ1n) is 5.28. The minimum absolute atomic E-state index is 0.280. The van der Waals surface area contributed by atoms with E-state index >= 15 is 0 Å². The largest absolute Gasteiger partial charge is 0.478 e. The molecule has 0 saturated heterocycles. The number of carbonyl (C=O) groups is 1. The van der Waals surface area contributed by atoms with Crippen molar-refractivity contribution in [3.05, 3.63) is 23.5 Å². The smallest absolute Gasteiger partial charge is 0.337 e. The number of H-pyrrole nitrogens is 1. The molecule has 0 unspecified atom stereocenters. The molecule has 0 spiro atoms. The maximum absolute atomic E-state index is 11.1. The van der Waals surface area contributed by atoms with Crippen molar-refractivity contribution < 1.29 is 9.90 Å². The summed E-state index contributed by atoms with van der Waals surface area (Å²) in [4.78, 5) is 15.1. The first kappa shape index (κ1) is 10.6. The zero-order valence-corrected chi connectivity index (χ0v) is 9.03. The van der Waals surface area contributed by atoms with Gasteiger partial charge in [0.1, 0.15) is 0 Å². The molecule has 0 aromatic carbocycles. The fourth-order valence-electron chi connectivity index (χ4n) is 1.76. The number of hydrogen-bond donors (Lipinski definition) is 2. The van der Waals surface area contributed by atoms with Gasteiger partial charge in [-0.2, -0.15) is 5.10 Å². The van der Waals surface area contributed by atoms with Crippen LogP contribution in [0.4, 0.5) is 0 Å². The van der Waals surface area contributed by atoms with Crippen LogP contribution in [0.25, 0.3) is 11.0 Å². The Morgan fingerprint density at radius 2 is 2.31 bits per heavy atom. The van der Waals surface area contributed by atoms with Gasteiger partial charge < -0.3 is 5.11 Å². The SMILES string of the molecule is CCCCc1c(C(=O)O)cnc2[nH]ncc12. The van der Waals surface area contributed by atoms with E-state index < -0.39 is 5.97 Å². The minimum Gasteiger partial charge on any atom is -0.478 e. The van der Waals surface area contributed by atoms with E-state index in [9.17, 15) is 4.79 Å². The van der Waals surface area contributed by atoms with Crippen molar-refractivity contribution in [1.29, 1.82) is 0 Å². The standard InChI is InChI=1S/C11H13N3O2/c1-2-3-4-7-8-6-13-14-10(8)12-5-9(7)11(15)16/h5-6H,2-4H2,1H3,(H,15,16)(H,12,13,14). The van der Waals surface area contributed by atoms with Gasteiger partial charge in [0.2, 0.25) is 0 Å². The molecule has 2 N–H and O–H groups in total. The van der Waals surface area contributed by atoms with Crippen LogP contribution < -0.4 is 0 Å². The van der Waals surface area contributed by atoms with Crippen LogP contribution in [-0.2, 0) is 6.42 Å². The van der Waals surface area contributed by atoms with Crippen molar-refractivity contribution in [2.45, 2.75) is 26.2 Å². The van der Waals surface area contributed by atoms with Crippen LogP contribution >= 0.6 is 0 Å². The number of aromatic carboxylic acids is 1. The number of pyridine rings is 1. The van der Waals surface area contributed by atoms with E-state index in [1.807, 2.05) is 0 Å². The van der Waals surface area contributed by atoms with Crippen molar-refractivity contribution in [2.75, 3.05) is 0 Å². The second-order valence-corrected chi connectivity index (χ2v) is 3.69. The minimum atomic E-state index is -0.929. The summed E-state index contributed by atoms with van der Waals surface area (Å²) in [5.74, 6) is -0.929. The number of aromatic nitrogens is 3. The second-order valence-electron chi connectivity index (χ2n) is 3.69. The molecule has 5 nitrogen and oxygen atoms in total. The number of carboxylic acid groups (broad SMARTS) is 1. The number of carboxylic acids is 1.